The molecule has 2 heterocycles. The van der Waals surface area contributed by atoms with Gasteiger partial charge in [-0.3, -0.25) is 4.79 Å². The standard InChI is InChI=1S/C14H18ClN3O3/c1-9-4-5-12(21-9)10(2)17-11-8-16-18(6-7-20-3)14(19)13(11)15/h4-5,8,10,17H,6-7H2,1-3H3. The molecule has 0 radical (unpaired) electrons. The number of aryl methyl sites for hydroxylation is 1. The molecule has 114 valence electrons. The fraction of sp³-hybridized carbons (Fsp3) is 0.429. The lowest BCUT2D eigenvalue weighted by Crippen LogP contribution is -2.26. The highest BCUT2D eigenvalue weighted by Crippen LogP contribution is 2.23. The fourth-order valence-corrected chi connectivity index (χ4v) is 2.09. The van der Waals surface area contributed by atoms with E-state index in [2.05, 4.69) is 10.4 Å². The van der Waals surface area contributed by atoms with E-state index in [1.807, 2.05) is 26.0 Å². The minimum absolute atomic E-state index is 0.108. The Bertz CT molecular complexity index is 666. The van der Waals surface area contributed by atoms with Crippen molar-refractivity contribution in [1.82, 2.24) is 9.78 Å². The van der Waals surface area contributed by atoms with Crippen molar-refractivity contribution in [3.63, 3.8) is 0 Å². The molecule has 0 aliphatic carbocycles. The van der Waals surface area contributed by atoms with E-state index in [-0.39, 0.29) is 16.6 Å². The van der Waals surface area contributed by atoms with Crippen molar-refractivity contribution < 1.29 is 9.15 Å². The zero-order chi connectivity index (χ0) is 15.4. The summed E-state index contributed by atoms with van der Waals surface area (Å²) in [6, 6.07) is 3.65. The first-order valence-electron chi connectivity index (χ1n) is 6.60. The highest BCUT2D eigenvalue weighted by atomic mass is 35.5. The second-order valence-electron chi connectivity index (χ2n) is 4.71. The largest absolute Gasteiger partial charge is 0.464 e. The van der Waals surface area contributed by atoms with Crippen molar-refractivity contribution in [2.24, 2.45) is 0 Å². The van der Waals surface area contributed by atoms with Crippen LogP contribution in [0.5, 0.6) is 0 Å². The molecule has 0 aromatic carbocycles. The Balaban J connectivity index is 2.17. The highest BCUT2D eigenvalue weighted by Gasteiger charge is 2.14. The van der Waals surface area contributed by atoms with Crippen LogP contribution in [0.4, 0.5) is 5.69 Å². The molecule has 0 amide bonds. The van der Waals surface area contributed by atoms with Crippen molar-refractivity contribution in [3.8, 4) is 0 Å². The number of rotatable bonds is 6. The van der Waals surface area contributed by atoms with Crippen molar-refractivity contribution in [2.75, 3.05) is 19.0 Å². The number of nitrogens with zero attached hydrogens (tertiary/aromatic N) is 2. The number of hydrogen-bond acceptors (Lipinski definition) is 5. The first-order chi connectivity index (χ1) is 10.0. The lowest BCUT2D eigenvalue weighted by molar-refractivity contribution is 0.182. The number of methoxy groups -OCH3 is 1. The van der Waals surface area contributed by atoms with E-state index in [9.17, 15) is 4.79 Å². The molecule has 0 saturated carbocycles. The van der Waals surface area contributed by atoms with E-state index >= 15 is 0 Å². The Hall–Kier alpha value is -1.79. The zero-order valence-electron chi connectivity index (χ0n) is 12.2. The van der Waals surface area contributed by atoms with Gasteiger partial charge in [0, 0.05) is 7.11 Å². The summed E-state index contributed by atoms with van der Waals surface area (Å²) in [5.41, 5.74) is 0.137. The van der Waals surface area contributed by atoms with Crippen molar-refractivity contribution in [1.29, 1.82) is 0 Å². The van der Waals surface area contributed by atoms with Crippen LogP contribution in [0.15, 0.2) is 27.5 Å². The summed E-state index contributed by atoms with van der Waals surface area (Å²) in [7, 11) is 1.57. The maximum absolute atomic E-state index is 12.1. The summed E-state index contributed by atoms with van der Waals surface area (Å²) in [5.74, 6) is 1.60. The predicted octanol–water partition coefficient (Wildman–Crippen LogP) is 2.62. The molecular weight excluding hydrogens is 294 g/mol. The van der Waals surface area contributed by atoms with Gasteiger partial charge >= 0.3 is 0 Å². The summed E-state index contributed by atoms with van der Waals surface area (Å²) < 4.78 is 11.7. The number of anilines is 1. The van der Waals surface area contributed by atoms with E-state index < -0.39 is 0 Å². The van der Waals surface area contributed by atoms with E-state index in [1.54, 1.807) is 7.11 Å². The third-order valence-electron chi connectivity index (χ3n) is 3.05. The maximum Gasteiger partial charge on any atom is 0.287 e. The van der Waals surface area contributed by atoms with Gasteiger partial charge in [0.15, 0.2) is 0 Å². The van der Waals surface area contributed by atoms with Crippen LogP contribution < -0.4 is 10.9 Å². The Morgan fingerprint density at radius 3 is 2.90 bits per heavy atom. The molecule has 0 bridgehead atoms. The summed E-state index contributed by atoms with van der Waals surface area (Å²) >= 11 is 6.11. The lowest BCUT2D eigenvalue weighted by Gasteiger charge is -2.14. The van der Waals surface area contributed by atoms with Crippen LogP contribution in [-0.2, 0) is 11.3 Å². The van der Waals surface area contributed by atoms with Gasteiger partial charge in [-0.25, -0.2) is 4.68 Å². The van der Waals surface area contributed by atoms with E-state index in [4.69, 9.17) is 20.8 Å². The topological polar surface area (TPSA) is 69.3 Å². The van der Waals surface area contributed by atoms with Gasteiger partial charge in [-0.1, -0.05) is 11.6 Å². The van der Waals surface area contributed by atoms with Gasteiger partial charge in [-0.15, -0.1) is 0 Å². The van der Waals surface area contributed by atoms with Crippen LogP contribution in [0.25, 0.3) is 0 Å². The summed E-state index contributed by atoms with van der Waals surface area (Å²) in [6.07, 6.45) is 1.53. The minimum atomic E-state index is -0.346. The number of hydrogen-bond donors (Lipinski definition) is 1. The number of aromatic nitrogens is 2. The van der Waals surface area contributed by atoms with E-state index in [0.717, 1.165) is 11.5 Å². The average molecular weight is 312 g/mol. The van der Waals surface area contributed by atoms with Gasteiger partial charge in [0.2, 0.25) is 0 Å². The smallest absolute Gasteiger partial charge is 0.287 e. The van der Waals surface area contributed by atoms with E-state index in [0.29, 0.717) is 18.8 Å². The number of furan rings is 1. The van der Waals surface area contributed by atoms with Crippen LogP contribution in [0.3, 0.4) is 0 Å². The molecule has 1 N–H and O–H groups in total. The molecule has 0 aliphatic heterocycles. The van der Waals surface area contributed by atoms with Gasteiger partial charge in [0.25, 0.3) is 5.56 Å². The molecule has 21 heavy (non-hydrogen) atoms. The summed E-state index contributed by atoms with van der Waals surface area (Å²) in [6.45, 7) is 4.56. The Morgan fingerprint density at radius 2 is 2.29 bits per heavy atom. The molecule has 1 atom stereocenters. The molecule has 0 fully saturated rings. The number of nitrogens with one attached hydrogen (secondary N) is 1. The van der Waals surface area contributed by atoms with Gasteiger partial charge < -0.3 is 14.5 Å². The van der Waals surface area contributed by atoms with Crippen molar-refractivity contribution in [2.45, 2.75) is 26.4 Å². The molecule has 6 nitrogen and oxygen atoms in total. The molecule has 1 unspecified atom stereocenters. The molecule has 2 rings (SSSR count). The number of ether oxygens (including phenoxy) is 1. The zero-order valence-corrected chi connectivity index (χ0v) is 13.0. The molecule has 2 aromatic rings. The Morgan fingerprint density at radius 1 is 1.52 bits per heavy atom. The first kappa shape index (κ1) is 15.6. The molecule has 2 aromatic heterocycles. The molecule has 0 spiro atoms. The van der Waals surface area contributed by atoms with Crippen LogP contribution in [0.1, 0.15) is 24.5 Å². The molecule has 0 aliphatic rings. The molecule has 0 saturated heterocycles. The molecular formula is C14H18ClN3O3. The van der Waals surface area contributed by atoms with Crippen molar-refractivity contribution in [3.05, 3.63) is 45.2 Å². The molecule has 7 heteroatoms. The quantitative estimate of drug-likeness (QED) is 0.888. The monoisotopic (exact) mass is 311 g/mol. The normalized spacial score (nSPS) is 12.4. The second-order valence-corrected chi connectivity index (χ2v) is 5.09. The Labute approximate surface area is 127 Å². The average Bonchev–Trinajstić information content (AvgIpc) is 2.90. The third kappa shape index (κ3) is 3.65. The van der Waals surface area contributed by atoms with Crippen LogP contribution in [0, 0.1) is 6.92 Å². The van der Waals surface area contributed by atoms with E-state index in [1.165, 1.54) is 10.9 Å². The Kier molecular flexibility index (Phi) is 5.03. The first-order valence-corrected chi connectivity index (χ1v) is 6.98. The fourth-order valence-electron chi connectivity index (χ4n) is 1.89. The number of halogens is 1. The lowest BCUT2D eigenvalue weighted by atomic mass is 10.2. The van der Waals surface area contributed by atoms with Crippen molar-refractivity contribution >= 4 is 17.3 Å². The van der Waals surface area contributed by atoms with Gasteiger partial charge in [-0.05, 0) is 26.0 Å². The third-order valence-corrected chi connectivity index (χ3v) is 3.42. The van der Waals surface area contributed by atoms with Crippen LogP contribution in [-0.4, -0.2) is 23.5 Å². The van der Waals surface area contributed by atoms with Gasteiger partial charge in [0.1, 0.15) is 16.5 Å². The van der Waals surface area contributed by atoms with Gasteiger partial charge in [0.05, 0.1) is 31.1 Å². The predicted molar refractivity (Wildman–Crippen MR) is 80.9 cm³/mol. The van der Waals surface area contributed by atoms with Crippen LogP contribution in [0.2, 0.25) is 5.02 Å². The maximum atomic E-state index is 12.1. The SMILES string of the molecule is COCCn1ncc(NC(C)c2ccc(C)o2)c(Cl)c1=O. The van der Waals surface area contributed by atoms with Crippen LogP contribution >= 0.6 is 11.6 Å². The van der Waals surface area contributed by atoms with Gasteiger partial charge in [-0.2, -0.15) is 5.10 Å². The summed E-state index contributed by atoms with van der Waals surface area (Å²) in [4.78, 5) is 12.1. The second kappa shape index (κ2) is 6.78. The summed E-state index contributed by atoms with van der Waals surface area (Å²) in [5, 5.41) is 7.31. The highest BCUT2D eigenvalue weighted by molar-refractivity contribution is 6.32. The minimum Gasteiger partial charge on any atom is -0.464 e.